The van der Waals surface area contributed by atoms with Crippen molar-refractivity contribution < 1.29 is 4.79 Å². The van der Waals surface area contributed by atoms with Crippen LogP contribution >= 0.6 is 0 Å². The quantitative estimate of drug-likeness (QED) is 0.774. The molecule has 0 aliphatic carbocycles. The summed E-state index contributed by atoms with van der Waals surface area (Å²) >= 11 is 0. The van der Waals surface area contributed by atoms with Gasteiger partial charge in [0, 0.05) is 26.6 Å². The molecule has 0 spiro atoms. The van der Waals surface area contributed by atoms with Gasteiger partial charge in [-0.1, -0.05) is 29.8 Å². The maximum atomic E-state index is 11.8. The molecule has 1 N–H and O–H groups in total. The molecule has 3 heteroatoms. The summed E-state index contributed by atoms with van der Waals surface area (Å²) in [4.78, 5) is 13.6. The van der Waals surface area contributed by atoms with Crippen LogP contribution in [0.4, 0.5) is 0 Å². The Balaban J connectivity index is 2.27. The predicted octanol–water partition coefficient (Wildman–Crippen LogP) is 1.49. The number of hydrogen-bond acceptors (Lipinski definition) is 2. The molecule has 0 saturated carbocycles. The lowest BCUT2D eigenvalue weighted by Gasteiger charge is -2.26. The summed E-state index contributed by atoms with van der Waals surface area (Å²) in [5, 5.41) is 3.31. The average molecular weight is 218 g/mol. The van der Waals surface area contributed by atoms with Crippen molar-refractivity contribution in [1.29, 1.82) is 0 Å². The Bertz CT molecular complexity index is 389. The molecule has 1 atom stereocenters. The monoisotopic (exact) mass is 218 g/mol. The lowest BCUT2D eigenvalue weighted by molar-refractivity contribution is -0.131. The minimum Gasteiger partial charge on any atom is -0.337 e. The van der Waals surface area contributed by atoms with E-state index in [1.54, 1.807) is 0 Å². The standard InChI is InChI=1S/C13H18N2O/c1-10-4-3-5-11(8-10)12-9-14-7-6-13(16)15(12)2/h3-5,8,12,14H,6-7,9H2,1-2H3. The van der Waals surface area contributed by atoms with Gasteiger partial charge in [0.1, 0.15) is 0 Å². The smallest absolute Gasteiger partial charge is 0.224 e. The highest BCUT2D eigenvalue weighted by atomic mass is 16.2. The fraction of sp³-hybridized carbons (Fsp3) is 0.462. The first kappa shape index (κ1) is 11.1. The average Bonchev–Trinajstić information content (AvgIpc) is 2.42. The molecule has 1 aromatic carbocycles. The van der Waals surface area contributed by atoms with E-state index in [2.05, 4.69) is 30.4 Å². The second-order valence-corrected chi connectivity index (χ2v) is 4.39. The number of likely N-dealkylation sites (N-methyl/N-ethyl adjacent to an activating group) is 1. The molecule has 1 fully saturated rings. The van der Waals surface area contributed by atoms with Crippen LogP contribution in [0, 0.1) is 6.92 Å². The van der Waals surface area contributed by atoms with Gasteiger partial charge in [-0.15, -0.1) is 0 Å². The van der Waals surface area contributed by atoms with Crippen LogP contribution in [-0.4, -0.2) is 30.9 Å². The number of amides is 1. The lowest BCUT2D eigenvalue weighted by atomic mass is 10.0. The molecule has 0 aromatic heterocycles. The lowest BCUT2D eigenvalue weighted by Crippen LogP contribution is -2.32. The number of carbonyl (C=O) groups excluding carboxylic acids is 1. The Labute approximate surface area is 96.5 Å². The van der Waals surface area contributed by atoms with Gasteiger partial charge < -0.3 is 10.2 Å². The van der Waals surface area contributed by atoms with Gasteiger partial charge in [-0.25, -0.2) is 0 Å². The number of nitrogens with one attached hydrogen (secondary N) is 1. The topological polar surface area (TPSA) is 32.3 Å². The summed E-state index contributed by atoms with van der Waals surface area (Å²) in [6, 6.07) is 8.54. The Morgan fingerprint density at radius 1 is 1.44 bits per heavy atom. The van der Waals surface area contributed by atoms with E-state index in [0.29, 0.717) is 6.42 Å². The van der Waals surface area contributed by atoms with Crippen molar-refractivity contribution >= 4 is 5.91 Å². The minimum absolute atomic E-state index is 0.162. The summed E-state index contributed by atoms with van der Waals surface area (Å²) in [6.07, 6.45) is 0.596. The number of benzene rings is 1. The first-order valence-corrected chi connectivity index (χ1v) is 5.71. The van der Waals surface area contributed by atoms with E-state index in [9.17, 15) is 4.79 Å². The predicted molar refractivity (Wildman–Crippen MR) is 64.2 cm³/mol. The van der Waals surface area contributed by atoms with Gasteiger partial charge in [-0.05, 0) is 12.5 Å². The SMILES string of the molecule is Cc1cccc(C2CNCCC(=O)N2C)c1. The summed E-state index contributed by atoms with van der Waals surface area (Å²) < 4.78 is 0. The van der Waals surface area contributed by atoms with Crippen molar-refractivity contribution in [3.8, 4) is 0 Å². The minimum atomic E-state index is 0.162. The molecule has 16 heavy (non-hydrogen) atoms. The van der Waals surface area contributed by atoms with Crippen LogP contribution in [0.1, 0.15) is 23.6 Å². The number of nitrogens with zero attached hydrogens (tertiary/aromatic N) is 1. The first-order chi connectivity index (χ1) is 7.68. The van der Waals surface area contributed by atoms with Gasteiger partial charge in [-0.3, -0.25) is 4.79 Å². The molecule has 1 amide bonds. The summed E-state index contributed by atoms with van der Waals surface area (Å²) in [6.45, 7) is 3.70. The molecule has 1 saturated heterocycles. The second-order valence-electron chi connectivity index (χ2n) is 4.39. The largest absolute Gasteiger partial charge is 0.337 e. The summed E-state index contributed by atoms with van der Waals surface area (Å²) in [7, 11) is 1.89. The van der Waals surface area contributed by atoms with Crippen molar-refractivity contribution in [2.45, 2.75) is 19.4 Å². The maximum absolute atomic E-state index is 11.8. The molecular formula is C13H18N2O. The van der Waals surface area contributed by atoms with Gasteiger partial charge in [0.25, 0.3) is 0 Å². The van der Waals surface area contributed by atoms with Crippen LogP contribution in [0.5, 0.6) is 0 Å². The van der Waals surface area contributed by atoms with E-state index in [1.165, 1.54) is 11.1 Å². The third-order valence-corrected chi connectivity index (χ3v) is 3.14. The zero-order valence-electron chi connectivity index (χ0n) is 9.86. The van der Waals surface area contributed by atoms with E-state index in [1.807, 2.05) is 18.0 Å². The Morgan fingerprint density at radius 3 is 3.00 bits per heavy atom. The highest BCUT2D eigenvalue weighted by Gasteiger charge is 2.23. The molecule has 2 rings (SSSR count). The van der Waals surface area contributed by atoms with Crippen molar-refractivity contribution in [3.63, 3.8) is 0 Å². The van der Waals surface area contributed by atoms with Crippen LogP contribution in [0.2, 0.25) is 0 Å². The second kappa shape index (κ2) is 4.66. The Hall–Kier alpha value is -1.35. The molecule has 1 aromatic rings. The normalized spacial score (nSPS) is 22.0. The number of aryl methyl sites for hydroxylation is 1. The van der Waals surface area contributed by atoms with Crippen LogP contribution in [-0.2, 0) is 4.79 Å². The van der Waals surface area contributed by atoms with Gasteiger partial charge >= 0.3 is 0 Å². The van der Waals surface area contributed by atoms with E-state index < -0.39 is 0 Å². The third-order valence-electron chi connectivity index (χ3n) is 3.14. The van der Waals surface area contributed by atoms with Crippen LogP contribution in [0.25, 0.3) is 0 Å². The molecule has 1 aliphatic rings. The zero-order chi connectivity index (χ0) is 11.5. The van der Waals surface area contributed by atoms with Crippen molar-refractivity contribution in [1.82, 2.24) is 10.2 Å². The Kier molecular flexibility index (Phi) is 3.25. The van der Waals surface area contributed by atoms with Gasteiger partial charge in [0.15, 0.2) is 0 Å². The van der Waals surface area contributed by atoms with E-state index >= 15 is 0 Å². The highest BCUT2D eigenvalue weighted by Crippen LogP contribution is 2.21. The van der Waals surface area contributed by atoms with Crippen LogP contribution in [0.15, 0.2) is 24.3 Å². The number of hydrogen-bond donors (Lipinski definition) is 1. The molecule has 1 heterocycles. The molecule has 0 radical (unpaired) electrons. The maximum Gasteiger partial charge on any atom is 0.224 e. The zero-order valence-corrected chi connectivity index (χ0v) is 9.86. The molecule has 0 bridgehead atoms. The van der Waals surface area contributed by atoms with Crippen molar-refractivity contribution in [3.05, 3.63) is 35.4 Å². The number of carbonyl (C=O) groups is 1. The third kappa shape index (κ3) is 2.25. The molecule has 3 nitrogen and oxygen atoms in total. The number of rotatable bonds is 1. The van der Waals surface area contributed by atoms with Crippen molar-refractivity contribution in [2.75, 3.05) is 20.1 Å². The molecule has 86 valence electrons. The first-order valence-electron chi connectivity index (χ1n) is 5.71. The fourth-order valence-electron chi connectivity index (χ4n) is 2.14. The van der Waals surface area contributed by atoms with E-state index in [4.69, 9.17) is 0 Å². The summed E-state index contributed by atoms with van der Waals surface area (Å²) in [5.74, 6) is 0.219. The Morgan fingerprint density at radius 2 is 2.25 bits per heavy atom. The van der Waals surface area contributed by atoms with Crippen LogP contribution < -0.4 is 5.32 Å². The van der Waals surface area contributed by atoms with Crippen LogP contribution in [0.3, 0.4) is 0 Å². The highest BCUT2D eigenvalue weighted by molar-refractivity contribution is 5.77. The fourth-order valence-corrected chi connectivity index (χ4v) is 2.14. The van der Waals surface area contributed by atoms with Gasteiger partial charge in [0.2, 0.25) is 5.91 Å². The van der Waals surface area contributed by atoms with Gasteiger partial charge in [0.05, 0.1) is 6.04 Å². The summed E-state index contributed by atoms with van der Waals surface area (Å²) in [5.41, 5.74) is 2.45. The van der Waals surface area contributed by atoms with E-state index in [0.717, 1.165) is 13.1 Å². The van der Waals surface area contributed by atoms with Crippen molar-refractivity contribution in [2.24, 2.45) is 0 Å². The molecule has 1 aliphatic heterocycles. The van der Waals surface area contributed by atoms with Gasteiger partial charge in [-0.2, -0.15) is 0 Å². The van der Waals surface area contributed by atoms with E-state index in [-0.39, 0.29) is 11.9 Å². The molecule has 1 unspecified atom stereocenters. The molecular weight excluding hydrogens is 200 g/mol.